The van der Waals surface area contributed by atoms with Crippen LogP contribution in [0.1, 0.15) is 45.9 Å². The summed E-state index contributed by atoms with van der Waals surface area (Å²) in [7, 11) is 0. The molecular formula is C30H29N3O. The minimum Gasteiger partial charge on any atom is -0.370 e. The average molecular weight is 448 g/mol. The number of amides is 1. The molecule has 1 atom stereocenters. The van der Waals surface area contributed by atoms with Gasteiger partial charge in [-0.25, -0.2) is 0 Å². The van der Waals surface area contributed by atoms with E-state index in [1.807, 2.05) is 23.1 Å². The van der Waals surface area contributed by atoms with Crippen LogP contribution in [0.25, 0.3) is 10.9 Å². The lowest BCUT2D eigenvalue weighted by Crippen LogP contribution is -2.35. The van der Waals surface area contributed by atoms with Crippen molar-refractivity contribution in [2.75, 3.05) is 24.5 Å². The van der Waals surface area contributed by atoms with Crippen LogP contribution in [-0.2, 0) is 13.0 Å². The van der Waals surface area contributed by atoms with E-state index in [0.29, 0.717) is 19.0 Å². The zero-order valence-corrected chi connectivity index (χ0v) is 19.4. The maximum atomic E-state index is 13.5. The molecule has 0 aliphatic carbocycles. The maximum absolute atomic E-state index is 13.5. The lowest BCUT2D eigenvalue weighted by Gasteiger charge is -2.35. The lowest BCUT2D eigenvalue weighted by atomic mass is 9.90. The van der Waals surface area contributed by atoms with Crippen molar-refractivity contribution in [1.29, 1.82) is 0 Å². The summed E-state index contributed by atoms with van der Waals surface area (Å²) in [6.45, 7) is 3.35. The van der Waals surface area contributed by atoms with Gasteiger partial charge in [-0.2, -0.15) is 0 Å². The van der Waals surface area contributed by atoms with Gasteiger partial charge in [-0.15, -0.1) is 0 Å². The predicted octanol–water partition coefficient (Wildman–Crippen LogP) is 5.82. The van der Waals surface area contributed by atoms with E-state index in [-0.39, 0.29) is 5.91 Å². The molecule has 2 aliphatic heterocycles. The van der Waals surface area contributed by atoms with E-state index in [1.165, 1.54) is 12.0 Å². The molecule has 1 aromatic heterocycles. The number of fused-ring (bicyclic) bond motifs is 2. The third-order valence-electron chi connectivity index (χ3n) is 7.32. The molecule has 0 bridgehead atoms. The van der Waals surface area contributed by atoms with Gasteiger partial charge in [0, 0.05) is 55.3 Å². The average Bonchev–Trinajstić information content (AvgIpc) is 3.23. The highest BCUT2D eigenvalue weighted by molar-refractivity contribution is 6.03. The summed E-state index contributed by atoms with van der Waals surface area (Å²) in [5, 5.41) is 1.15. The number of carbonyl (C=O) groups excluding carboxylic acids is 1. The fourth-order valence-corrected chi connectivity index (χ4v) is 5.54. The van der Waals surface area contributed by atoms with Crippen LogP contribution < -0.4 is 4.90 Å². The molecule has 34 heavy (non-hydrogen) atoms. The van der Waals surface area contributed by atoms with E-state index in [1.54, 1.807) is 0 Å². The molecule has 170 valence electrons. The number of anilines is 1. The Morgan fingerprint density at radius 2 is 1.74 bits per heavy atom. The van der Waals surface area contributed by atoms with E-state index >= 15 is 0 Å². The minimum atomic E-state index is 0.160. The second-order valence-corrected chi connectivity index (χ2v) is 9.48. The number of nitrogens with zero attached hydrogens (tertiary/aromatic N) is 3. The number of para-hydroxylation sites is 1. The highest BCUT2D eigenvalue weighted by Gasteiger charge is 2.32. The normalized spacial score (nSPS) is 17.9. The van der Waals surface area contributed by atoms with Gasteiger partial charge in [0.15, 0.2) is 0 Å². The number of pyridine rings is 1. The predicted molar refractivity (Wildman–Crippen MR) is 137 cm³/mol. The molecule has 4 heteroatoms. The first kappa shape index (κ1) is 20.9. The smallest absolute Gasteiger partial charge is 0.256 e. The maximum Gasteiger partial charge on any atom is 0.256 e. The van der Waals surface area contributed by atoms with Crippen molar-refractivity contribution in [3.63, 3.8) is 0 Å². The Morgan fingerprint density at radius 3 is 2.65 bits per heavy atom. The topological polar surface area (TPSA) is 36.4 Å². The molecule has 0 saturated carbocycles. The second-order valence-electron chi connectivity index (χ2n) is 9.48. The summed E-state index contributed by atoms with van der Waals surface area (Å²) in [6, 6.07) is 29.5. The first-order valence-corrected chi connectivity index (χ1v) is 12.3. The Bertz CT molecular complexity index is 1330. The quantitative estimate of drug-likeness (QED) is 0.387. The van der Waals surface area contributed by atoms with Crippen molar-refractivity contribution in [3.8, 4) is 0 Å². The molecule has 1 fully saturated rings. The summed E-state index contributed by atoms with van der Waals surface area (Å²) >= 11 is 0. The molecule has 1 saturated heterocycles. The molecule has 3 heterocycles. The molecule has 1 amide bonds. The first-order valence-electron chi connectivity index (χ1n) is 12.3. The Morgan fingerprint density at radius 1 is 0.882 bits per heavy atom. The summed E-state index contributed by atoms with van der Waals surface area (Å²) in [6.07, 6.45) is 3.11. The Hall–Kier alpha value is -3.66. The van der Waals surface area contributed by atoms with Gasteiger partial charge in [-0.05, 0) is 42.2 Å². The summed E-state index contributed by atoms with van der Waals surface area (Å²) in [5.41, 5.74) is 6.60. The lowest BCUT2D eigenvalue weighted by molar-refractivity contribution is 0.0780. The van der Waals surface area contributed by atoms with Crippen molar-refractivity contribution in [2.45, 2.75) is 31.7 Å². The zero-order valence-electron chi connectivity index (χ0n) is 19.4. The van der Waals surface area contributed by atoms with Crippen LogP contribution in [0.15, 0.2) is 84.9 Å². The van der Waals surface area contributed by atoms with E-state index in [9.17, 15) is 4.79 Å². The number of hydrogen-bond donors (Lipinski definition) is 0. The standard InChI is InChI=1S/C30H29N3O/c34-30-29-25(21-33(30)19-17-26-16-15-23-10-4-5-13-27(23)31-26)11-6-14-28(29)32-18-7-12-24(20-32)22-8-2-1-3-9-22/h1-6,8-11,13-16,24H,7,12,17-21H2. The largest absolute Gasteiger partial charge is 0.370 e. The molecule has 6 rings (SSSR count). The van der Waals surface area contributed by atoms with Gasteiger partial charge in [-0.3, -0.25) is 9.78 Å². The molecule has 4 nitrogen and oxygen atoms in total. The van der Waals surface area contributed by atoms with E-state index in [4.69, 9.17) is 4.98 Å². The molecule has 1 unspecified atom stereocenters. The third kappa shape index (κ3) is 3.94. The molecule has 3 aromatic carbocycles. The zero-order chi connectivity index (χ0) is 22.9. The molecule has 2 aliphatic rings. The van der Waals surface area contributed by atoms with Crippen LogP contribution >= 0.6 is 0 Å². The molecule has 4 aromatic rings. The molecule has 0 radical (unpaired) electrons. The summed E-state index contributed by atoms with van der Waals surface area (Å²) < 4.78 is 0. The van der Waals surface area contributed by atoms with Gasteiger partial charge >= 0.3 is 0 Å². The second kappa shape index (κ2) is 8.94. The van der Waals surface area contributed by atoms with Gasteiger partial charge in [-0.1, -0.05) is 66.7 Å². The van der Waals surface area contributed by atoms with Crippen LogP contribution in [0.3, 0.4) is 0 Å². The third-order valence-corrected chi connectivity index (χ3v) is 7.32. The molecular weight excluding hydrogens is 418 g/mol. The highest BCUT2D eigenvalue weighted by Crippen LogP contribution is 2.36. The fourth-order valence-electron chi connectivity index (χ4n) is 5.54. The summed E-state index contributed by atoms with van der Waals surface area (Å²) in [4.78, 5) is 22.7. The fraction of sp³-hybridized carbons (Fsp3) is 0.267. The van der Waals surface area contributed by atoms with Crippen LogP contribution in [0.2, 0.25) is 0 Å². The van der Waals surface area contributed by atoms with Crippen LogP contribution in [0, 0.1) is 0 Å². The molecule has 0 spiro atoms. The van der Waals surface area contributed by atoms with Crippen molar-refractivity contribution >= 4 is 22.5 Å². The Labute approximate surface area is 200 Å². The van der Waals surface area contributed by atoms with Crippen molar-refractivity contribution in [2.24, 2.45) is 0 Å². The van der Waals surface area contributed by atoms with Crippen molar-refractivity contribution in [1.82, 2.24) is 9.88 Å². The van der Waals surface area contributed by atoms with E-state index < -0.39 is 0 Å². The Kier molecular flexibility index (Phi) is 5.50. The van der Waals surface area contributed by atoms with Crippen LogP contribution in [0.4, 0.5) is 5.69 Å². The highest BCUT2D eigenvalue weighted by atomic mass is 16.2. The van der Waals surface area contributed by atoms with E-state index in [0.717, 1.165) is 59.3 Å². The van der Waals surface area contributed by atoms with Gasteiger partial charge in [0.2, 0.25) is 0 Å². The molecule has 0 N–H and O–H groups in total. The monoisotopic (exact) mass is 447 g/mol. The number of piperidine rings is 1. The number of carbonyl (C=O) groups is 1. The van der Waals surface area contributed by atoms with Crippen LogP contribution in [0.5, 0.6) is 0 Å². The van der Waals surface area contributed by atoms with Crippen molar-refractivity contribution < 1.29 is 4.79 Å². The van der Waals surface area contributed by atoms with Crippen molar-refractivity contribution in [3.05, 3.63) is 107 Å². The number of rotatable bonds is 5. The summed E-state index contributed by atoms with van der Waals surface area (Å²) in [5.74, 6) is 0.672. The van der Waals surface area contributed by atoms with Gasteiger partial charge < -0.3 is 9.80 Å². The van der Waals surface area contributed by atoms with Gasteiger partial charge in [0.1, 0.15) is 0 Å². The number of aromatic nitrogens is 1. The van der Waals surface area contributed by atoms with Crippen LogP contribution in [-0.4, -0.2) is 35.4 Å². The number of benzene rings is 3. The Balaban J connectivity index is 1.19. The SMILES string of the molecule is O=C1c2c(cccc2N2CCCC(c3ccccc3)C2)CN1CCc1ccc2ccccc2n1. The van der Waals surface area contributed by atoms with Gasteiger partial charge in [0.25, 0.3) is 5.91 Å². The minimum absolute atomic E-state index is 0.160. The number of hydrogen-bond acceptors (Lipinski definition) is 3. The van der Waals surface area contributed by atoms with Gasteiger partial charge in [0.05, 0.1) is 11.1 Å². The first-order chi connectivity index (χ1) is 16.8. The van der Waals surface area contributed by atoms with E-state index in [2.05, 4.69) is 71.6 Å².